The van der Waals surface area contributed by atoms with Crippen LogP contribution in [0.5, 0.6) is 5.75 Å². The van der Waals surface area contributed by atoms with Crippen molar-refractivity contribution in [1.82, 2.24) is 10.7 Å². The van der Waals surface area contributed by atoms with Crippen molar-refractivity contribution >= 4 is 41.2 Å². The maximum atomic E-state index is 12.9. The van der Waals surface area contributed by atoms with Gasteiger partial charge in [0, 0.05) is 16.1 Å². The van der Waals surface area contributed by atoms with Crippen LogP contribution in [-0.2, 0) is 4.79 Å². The molecular weight excluding hydrogens is 449 g/mol. The molecule has 1 aliphatic heterocycles. The van der Waals surface area contributed by atoms with Gasteiger partial charge in [0.25, 0.3) is 5.91 Å². The molecule has 0 spiro atoms. The highest BCUT2D eigenvalue weighted by Crippen LogP contribution is 2.27. The van der Waals surface area contributed by atoms with Crippen LogP contribution in [0.15, 0.2) is 72.8 Å². The predicted molar refractivity (Wildman–Crippen MR) is 123 cm³/mol. The number of halogens is 2. The second-order valence-corrected chi connectivity index (χ2v) is 8.06. The minimum Gasteiger partial charge on any atom is -0.497 e. The molecule has 6 nitrogen and oxygen atoms in total. The van der Waals surface area contributed by atoms with E-state index in [2.05, 4.69) is 10.7 Å². The molecule has 1 saturated heterocycles. The van der Waals surface area contributed by atoms with Crippen molar-refractivity contribution in [2.24, 2.45) is 0 Å². The first-order chi connectivity index (χ1) is 15.5. The second kappa shape index (κ2) is 9.42. The molecule has 3 aromatic rings. The van der Waals surface area contributed by atoms with E-state index in [0.29, 0.717) is 26.9 Å². The fraction of sp³-hybridized carbons (Fsp3) is 0.125. The van der Waals surface area contributed by atoms with Crippen molar-refractivity contribution in [2.45, 2.75) is 12.1 Å². The van der Waals surface area contributed by atoms with Crippen LogP contribution in [0, 0.1) is 0 Å². The van der Waals surface area contributed by atoms with E-state index >= 15 is 0 Å². The van der Waals surface area contributed by atoms with Gasteiger partial charge in [0.15, 0.2) is 6.04 Å². The molecule has 0 aromatic heterocycles. The number of hydrazine groups is 1. The number of ether oxygens (including phenoxy) is 1. The monoisotopic (exact) mass is 468 g/mol. The fourth-order valence-corrected chi connectivity index (χ4v) is 4.01. The lowest BCUT2D eigenvalue weighted by molar-refractivity contribution is -0.596. The van der Waals surface area contributed by atoms with E-state index in [4.69, 9.17) is 27.9 Å². The van der Waals surface area contributed by atoms with Crippen LogP contribution in [0.25, 0.3) is 0 Å². The molecule has 2 atom stereocenters. The summed E-state index contributed by atoms with van der Waals surface area (Å²) in [5.74, 6) is -0.0508. The van der Waals surface area contributed by atoms with Crippen molar-refractivity contribution in [2.75, 3.05) is 7.11 Å². The molecule has 4 rings (SSSR count). The Kier molecular flexibility index (Phi) is 6.44. The normalized spacial score (nSPS) is 19.0. The van der Waals surface area contributed by atoms with Crippen molar-refractivity contribution in [3.63, 3.8) is 0 Å². The van der Waals surface area contributed by atoms with Gasteiger partial charge in [-0.2, -0.15) is 0 Å². The number of hydrogen-bond donors (Lipinski definition) is 2. The number of methoxy groups -OCH3 is 1. The van der Waals surface area contributed by atoms with Crippen LogP contribution in [0.4, 0.5) is 0 Å². The Hall–Kier alpha value is -3.35. The quantitative estimate of drug-likeness (QED) is 0.555. The number of nitrogens with one attached hydrogen (secondary N) is 2. The lowest BCUT2D eigenvalue weighted by Gasteiger charge is -2.15. The van der Waals surface area contributed by atoms with Crippen molar-refractivity contribution in [3.8, 4) is 5.75 Å². The van der Waals surface area contributed by atoms with Gasteiger partial charge in [-0.1, -0.05) is 53.5 Å². The van der Waals surface area contributed by atoms with Gasteiger partial charge in [0.1, 0.15) is 5.75 Å². The molecule has 1 aliphatic rings. The predicted octanol–water partition coefficient (Wildman–Crippen LogP) is 4.02. The summed E-state index contributed by atoms with van der Waals surface area (Å²) < 4.78 is 6.79. The molecule has 162 valence electrons. The Morgan fingerprint density at radius 2 is 1.78 bits per heavy atom. The highest BCUT2D eigenvalue weighted by Gasteiger charge is 2.47. The lowest BCUT2D eigenvalue weighted by atomic mass is 10.00. The zero-order chi connectivity index (χ0) is 22.7. The van der Waals surface area contributed by atoms with E-state index in [1.807, 2.05) is 30.3 Å². The molecule has 0 aliphatic carbocycles. The van der Waals surface area contributed by atoms with E-state index in [1.54, 1.807) is 60.5 Å². The van der Waals surface area contributed by atoms with Crippen LogP contribution in [0.3, 0.4) is 0 Å². The SMILES string of the molecule is COc1ccc(C(=O)N[C@@H]2C(=O)N/[N+](=C\c3ccc(Cl)cc3Cl)[C@H]2c2ccccc2)cc1. The smallest absolute Gasteiger partial charge is 0.304 e. The van der Waals surface area contributed by atoms with Gasteiger partial charge >= 0.3 is 5.91 Å². The standard InChI is InChI=1S/C24H19Cl2N3O3/c1-32-19-11-8-16(9-12-19)23(30)27-21-22(15-5-3-2-4-6-15)29(28-24(21)31)14-17-7-10-18(25)13-20(17)26/h2-14,21-22H,1H3,(H-,27,28,30,31)/p+1/b29-14-/t21-,22-/m0/s1. The third-order valence-corrected chi connectivity index (χ3v) is 5.72. The van der Waals surface area contributed by atoms with Crippen LogP contribution in [0.2, 0.25) is 10.0 Å². The lowest BCUT2D eigenvalue weighted by Crippen LogP contribution is -2.42. The molecule has 32 heavy (non-hydrogen) atoms. The molecule has 0 saturated carbocycles. The van der Waals surface area contributed by atoms with Gasteiger partial charge < -0.3 is 10.1 Å². The Morgan fingerprint density at radius 1 is 1.06 bits per heavy atom. The summed E-state index contributed by atoms with van der Waals surface area (Å²) in [6, 6.07) is 20.0. The maximum Gasteiger partial charge on any atom is 0.304 e. The first-order valence-corrected chi connectivity index (χ1v) is 10.6. The third kappa shape index (κ3) is 4.61. The molecule has 3 aromatic carbocycles. The topological polar surface area (TPSA) is 70.4 Å². The summed E-state index contributed by atoms with van der Waals surface area (Å²) in [5.41, 5.74) is 4.79. The summed E-state index contributed by atoms with van der Waals surface area (Å²) in [4.78, 5) is 25.8. The molecule has 0 bridgehead atoms. The fourth-order valence-electron chi connectivity index (χ4n) is 3.55. The summed E-state index contributed by atoms with van der Waals surface area (Å²) in [6.07, 6.45) is 1.73. The first-order valence-electron chi connectivity index (χ1n) is 9.85. The van der Waals surface area contributed by atoms with Crippen molar-refractivity contribution in [1.29, 1.82) is 0 Å². The summed E-state index contributed by atoms with van der Waals surface area (Å²) in [6.45, 7) is 0. The molecule has 2 amide bonds. The van der Waals surface area contributed by atoms with E-state index in [9.17, 15) is 9.59 Å². The third-order valence-electron chi connectivity index (χ3n) is 5.16. The van der Waals surface area contributed by atoms with Crippen LogP contribution < -0.4 is 15.5 Å². The molecule has 1 heterocycles. The molecule has 1 fully saturated rings. The second-order valence-electron chi connectivity index (χ2n) is 7.21. The summed E-state index contributed by atoms with van der Waals surface area (Å²) >= 11 is 12.3. The number of hydrazone groups is 1. The van der Waals surface area contributed by atoms with Gasteiger partial charge in [-0.15, -0.1) is 10.1 Å². The summed E-state index contributed by atoms with van der Waals surface area (Å²) in [7, 11) is 1.56. The van der Waals surface area contributed by atoms with Crippen LogP contribution in [-0.4, -0.2) is 35.9 Å². The number of rotatable bonds is 5. The molecule has 2 N–H and O–H groups in total. The average Bonchev–Trinajstić information content (AvgIpc) is 3.10. The molecule has 0 unspecified atom stereocenters. The van der Waals surface area contributed by atoms with Gasteiger partial charge in [0.2, 0.25) is 12.3 Å². The van der Waals surface area contributed by atoms with Crippen molar-refractivity contribution in [3.05, 3.63) is 99.5 Å². The van der Waals surface area contributed by atoms with Gasteiger partial charge in [-0.25, -0.2) is 0 Å². The number of nitrogens with zero attached hydrogens (tertiary/aromatic N) is 1. The van der Waals surface area contributed by atoms with Gasteiger partial charge in [-0.3, -0.25) is 9.59 Å². The average molecular weight is 469 g/mol. The number of carbonyl (C=O) groups is 2. The molecule has 8 heteroatoms. The van der Waals surface area contributed by atoms with Crippen molar-refractivity contribution < 1.29 is 19.0 Å². The van der Waals surface area contributed by atoms with Gasteiger partial charge in [0.05, 0.1) is 17.7 Å². The highest BCUT2D eigenvalue weighted by atomic mass is 35.5. The Bertz CT molecular complexity index is 1180. The Labute approximate surface area is 195 Å². The van der Waals surface area contributed by atoms with E-state index in [-0.39, 0.29) is 11.8 Å². The largest absolute Gasteiger partial charge is 0.497 e. The minimum atomic E-state index is -0.825. The van der Waals surface area contributed by atoms with E-state index < -0.39 is 12.1 Å². The van der Waals surface area contributed by atoms with E-state index in [1.165, 1.54) is 0 Å². The number of carbonyl (C=O) groups excluding carboxylic acids is 2. The Balaban J connectivity index is 1.68. The van der Waals surface area contributed by atoms with Gasteiger partial charge in [-0.05, 0) is 42.5 Å². The minimum absolute atomic E-state index is 0.331. The number of hydrogen-bond acceptors (Lipinski definition) is 3. The first kappa shape index (κ1) is 21.9. The Morgan fingerprint density at radius 3 is 2.44 bits per heavy atom. The number of amides is 2. The zero-order valence-electron chi connectivity index (χ0n) is 17.1. The highest BCUT2D eigenvalue weighted by molar-refractivity contribution is 6.36. The van der Waals surface area contributed by atoms with E-state index in [0.717, 1.165) is 5.56 Å². The zero-order valence-corrected chi connectivity index (χ0v) is 18.6. The molecule has 0 radical (unpaired) electrons. The maximum absolute atomic E-state index is 12.9. The number of benzene rings is 3. The van der Waals surface area contributed by atoms with Crippen LogP contribution >= 0.6 is 23.2 Å². The van der Waals surface area contributed by atoms with Crippen LogP contribution in [0.1, 0.15) is 27.5 Å². The summed E-state index contributed by atoms with van der Waals surface area (Å²) in [5, 5.41) is 3.83. The molecular formula is C24H20Cl2N3O3+.